The van der Waals surface area contributed by atoms with E-state index in [0.717, 1.165) is 0 Å². The number of Topliss-reactive ketones (excluding diaryl/α,β-unsaturated/α-hetero) is 1. The van der Waals surface area contributed by atoms with Crippen LogP contribution in [0, 0.1) is 0 Å². The van der Waals surface area contributed by atoms with Gasteiger partial charge in [0.05, 0.1) is 12.1 Å². The zero-order valence-electron chi connectivity index (χ0n) is 6.29. The van der Waals surface area contributed by atoms with Gasteiger partial charge in [0.25, 0.3) is 0 Å². The van der Waals surface area contributed by atoms with Crippen LogP contribution in [0.5, 0.6) is 0 Å². The van der Waals surface area contributed by atoms with E-state index in [1.165, 1.54) is 0 Å². The van der Waals surface area contributed by atoms with Gasteiger partial charge in [-0.3, -0.25) is 4.79 Å². The third kappa shape index (κ3) is 1.56. The second-order valence-electron chi connectivity index (χ2n) is 2.66. The van der Waals surface area contributed by atoms with Crippen molar-refractivity contribution in [1.29, 1.82) is 0 Å². The molecule has 0 bridgehead atoms. The third-order valence-corrected chi connectivity index (χ3v) is 1.80. The van der Waals surface area contributed by atoms with E-state index < -0.39 is 5.54 Å². The fraction of sp³-hybridized carbons (Fsp3) is 0.375. The number of hydrogen-bond acceptors (Lipinski definition) is 3. The highest BCUT2D eigenvalue weighted by Crippen LogP contribution is 2.14. The van der Waals surface area contributed by atoms with Crippen LogP contribution in [0.3, 0.4) is 0 Å². The SMILES string of the molecule is NCC(=O)C1(N)C=CC=CC1. The zero-order valence-corrected chi connectivity index (χ0v) is 6.29. The molecule has 0 spiro atoms. The highest BCUT2D eigenvalue weighted by molar-refractivity contribution is 5.92. The van der Waals surface area contributed by atoms with Gasteiger partial charge >= 0.3 is 0 Å². The van der Waals surface area contributed by atoms with Gasteiger partial charge in [0.1, 0.15) is 0 Å². The fourth-order valence-corrected chi connectivity index (χ4v) is 1.03. The van der Waals surface area contributed by atoms with E-state index in [2.05, 4.69) is 0 Å². The Morgan fingerprint density at radius 3 is 2.73 bits per heavy atom. The number of carbonyl (C=O) groups is 1. The molecule has 0 aliphatic heterocycles. The zero-order chi connectivity index (χ0) is 8.32. The number of rotatable bonds is 2. The first-order valence-corrected chi connectivity index (χ1v) is 3.56. The first kappa shape index (κ1) is 8.17. The van der Waals surface area contributed by atoms with Crippen molar-refractivity contribution in [1.82, 2.24) is 0 Å². The van der Waals surface area contributed by atoms with Crippen molar-refractivity contribution in [3.8, 4) is 0 Å². The summed E-state index contributed by atoms with van der Waals surface area (Å²) in [6.45, 7) is 0.00861. The van der Waals surface area contributed by atoms with Gasteiger partial charge in [-0.25, -0.2) is 0 Å². The summed E-state index contributed by atoms with van der Waals surface area (Å²) in [6.07, 6.45) is 7.77. The van der Waals surface area contributed by atoms with Gasteiger partial charge in [-0.05, 0) is 6.42 Å². The molecule has 0 radical (unpaired) electrons. The summed E-state index contributed by atoms with van der Waals surface area (Å²) in [7, 11) is 0. The molecular weight excluding hydrogens is 140 g/mol. The summed E-state index contributed by atoms with van der Waals surface area (Å²) in [5, 5.41) is 0. The predicted molar refractivity (Wildman–Crippen MR) is 43.9 cm³/mol. The molecule has 3 heteroatoms. The highest BCUT2D eigenvalue weighted by Gasteiger charge is 2.28. The average Bonchev–Trinajstić information content (AvgIpc) is 2.04. The normalized spacial score (nSPS) is 28.9. The molecule has 0 amide bonds. The van der Waals surface area contributed by atoms with Crippen LogP contribution in [0.1, 0.15) is 6.42 Å². The van der Waals surface area contributed by atoms with Crippen molar-refractivity contribution in [2.75, 3.05) is 6.54 Å². The Morgan fingerprint density at radius 1 is 1.55 bits per heavy atom. The molecule has 0 aromatic heterocycles. The Bertz CT molecular complexity index is 220. The lowest BCUT2D eigenvalue weighted by atomic mass is 9.88. The lowest BCUT2D eigenvalue weighted by Crippen LogP contribution is -2.49. The summed E-state index contributed by atoms with van der Waals surface area (Å²) in [4.78, 5) is 11.2. The van der Waals surface area contributed by atoms with Crippen LogP contribution < -0.4 is 11.5 Å². The first-order chi connectivity index (χ1) is 5.19. The molecule has 1 unspecified atom stereocenters. The van der Waals surface area contributed by atoms with Crippen molar-refractivity contribution >= 4 is 5.78 Å². The van der Waals surface area contributed by atoms with Gasteiger partial charge < -0.3 is 11.5 Å². The number of ketones is 1. The van der Waals surface area contributed by atoms with E-state index in [9.17, 15) is 4.79 Å². The van der Waals surface area contributed by atoms with Gasteiger partial charge in [0, 0.05) is 0 Å². The van der Waals surface area contributed by atoms with Gasteiger partial charge in [-0.2, -0.15) is 0 Å². The Labute approximate surface area is 65.8 Å². The molecule has 0 heterocycles. The van der Waals surface area contributed by atoms with E-state index in [1.807, 2.05) is 12.2 Å². The standard InChI is InChI=1S/C8H12N2O/c9-6-7(11)8(10)4-2-1-3-5-8/h1-4H,5-6,9-10H2. The van der Waals surface area contributed by atoms with Crippen molar-refractivity contribution in [2.24, 2.45) is 11.5 Å². The minimum absolute atomic E-state index is 0.00861. The van der Waals surface area contributed by atoms with Crippen LogP contribution in [0.15, 0.2) is 24.3 Å². The second-order valence-corrected chi connectivity index (χ2v) is 2.66. The molecule has 1 atom stereocenters. The third-order valence-electron chi connectivity index (χ3n) is 1.80. The van der Waals surface area contributed by atoms with E-state index >= 15 is 0 Å². The quantitative estimate of drug-likeness (QED) is 0.572. The van der Waals surface area contributed by atoms with Crippen LogP contribution >= 0.6 is 0 Å². The van der Waals surface area contributed by atoms with Crippen molar-refractivity contribution < 1.29 is 4.79 Å². The molecule has 0 aromatic carbocycles. The highest BCUT2D eigenvalue weighted by atomic mass is 16.1. The van der Waals surface area contributed by atoms with Crippen molar-refractivity contribution in [3.05, 3.63) is 24.3 Å². The van der Waals surface area contributed by atoms with Gasteiger partial charge in [-0.15, -0.1) is 0 Å². The van der Waals surface area contributed by atoms with Crippen molar-refractivity contribution in [2.45, 2.75) is 12.0 Å². The number of nitrogens with two attached hydrogens (primary N) is 2. The van der Waals surface area contributed by atoms with Crippen LogP contribution in [0.2, 0.25) is 0 Å². The van der Waals surface area contributed by atoms with Crippen LogP contribution in [-0.2, 0) is 4.79 Å². The van der Waals surface area contributed by atoms with E-state index in [-0.39, 0.29) is 12.3 Å². The first-order valence-electron chi connectivity index (χ1n) is 3.56. The molecule has 1 rings (SSSR count). The molecular formula is C8H12N2O. The minimum atomic E-state index is -0.844. The minimum Gasteiger partial charge on any atom is -0.324 e. The smallest absolute Gasteiger partial charge is 0.170 e. The summed E-state index contributed by atoms with van der Waals surface area (Å²) < 4.78 is 0. The maximum Gasteiger partial charge on any atom is 0.170 e. The summed E-state index contributed by atoms with van der Waals surface area (Å²) >= 11 is 0. The lowest BCUT2D eigenvalue weighted by Gasteiger charge is -2.23. The molecule has 0 saturated heterocycles. The van der Waals surface area contributed by atoms with Gasteiger partial charge in [0.2, 0.25) is 0 Å². The fourth-order valence-electron chi connectivity index (χ4n) is 1.03. The van der Waals surface area contributed by atoms with E-state index in [1.54, 1.807) is 12.2 Å². The lowest BCUT2D eigenvalue weighted by molar-refractivity contribution is -0.121. The Hall–Kier alpha value is -0.930. The topological polar surface area (TPSA) is 69.1 Å². The molecule has 1 aliphatic carbocycles. The number of allylic oxidation sites excluding steroid dienone is 2. The van der Waals surface area contributed by atoms with Gasteiger partial charge in [0.15, 0.2) is 5.78 Å². The van der Waals surface area contributed by atoms with Crippen LogP contribution in [0.4, 0.5) is 0 Å². The molecule has 0 aromatic rings. The molecule has 60 valence electrons. The molecule has 0 fully saturated rings. The Kier molecular flexibility index (Phi) is 2.22. The van der Waals surface area contributed by atoms with E-state index in [4.69, 9.17) is 11.5 Å². The molecule has 11 heavy (non-hydrogen) atoms. The van der Waals surface area contributed by atoms with E-state index in [0.29, 0.717) is 6.42 Å². The second kappa shape index (κ2) is 2.98. The predicted octanol–water partition coefficient (Wildman–Crippen LogP) is -0.272. The Balaban J connectivity index is 2.75. The molecule has 1 aliphatic rings. The maximum absolute atomic E-state index is 11.2. The summed E-state index contributed by atoms with van der Waals surface area (Å²) in [5.41, 5.74) is 10.1. The average molecular weight is 152 g/mol. The monoisotopic (exact) mass is 152 g/mol. The maximum atomic E-state index is 11.2. The van der Waals surface area contributed by atoms with Crippen LogP contribution in [-0.4, -0.2) is 17.9 Å². The summed E-state index contributed by atoms with van der Waals surface area (Å²) in [6, 6.07) is 0. The summed E-state index contributed by atoms with van der Waals surface area (Å²) in [5.74, 6) is -0.113. The number of hydrogen-bond donors (Lipinski definition) is 2. The van der Waals surface area contributed by atoms with Crippen molar-refractivity contribution in [3.63, 3.8) is 0 Å². The Morgan fingerprint density at radius 2 is 2.27 bits per heavy atom. The number of carbonyl (C=O) groups excluding carboxylic acids is 1. The molecule has 0 saturated carbocycles. The van der Waals surface area contributed by atoms with Crippen LogP contribution in [0.25, 0.3) is 0 Å². The van der Waals surface area contributed by atoms with Gasteiger partial charge in [-0.1, -0.05) is 24.3 Å². The largest absolute Gasteiger partial charge is 0.324 e. The molecule has 3 nitrogen and oxygen atoms in total. The molecule has 4 N–H and O–H groups in total.